The number of aromatic amines is 1. The van der Waals surface area contributed by atoms with Gasteiger partial charge in [0.05, 0.1) is 0 Å². The van der Waals surface area contributed by atoms with E-state index in [9.17, 15) is 0 Å². The maximum Gasteiger partial charge on any atom is 0.167 e. The van der Waals surface area contributed by atoms with Crippen LogP contribution < -0.4 is 35.5 Å². The Kier molecular flexibility index (Phi) is 8.42. The van der Waals surface area contributed by atoms with E-state index in [4.69, 9.17) is 0 Å². The molecule has 0 bridgehead atoms. The van der Waals surface area contributed by atoms with Crippen molar-refractivity contribution in [1.82, 2.24) is 0 Å². The highest BCUT2D eigenvalue weighted by atomic mass is 35.5. The maximum absolute atomic E-state index is 3.74. The first kappa shape index (κ1) is 12.4. The molecule has 0 radical (unpaired) electrons. The molecule has 1 rings (SSSR count). The Bertz CT molecular complexity index is 155. The topological polar surface area (TPSA) is 41.8 Å². The number of hydrogen-bond donors (Lipinski definition) is 1. The molecule has 0 amide bonds. The summed E-state index contributed by atoms with van der Waals surface area (Å²) in [6.45, 7) is 0.870. The fourth-order valence-electron chi connectivity index (χ4n) is 0.588. The van der Waals surface area contributed by atoms with Crippen LogP contribution in [0.5, 0.6) is 0 Å². The zero-order chi connectivity index (χ0) is 5.82. The molecule has 0 aliphatic rings. The molecule has 0 fully saturated rings. The summed E-state index contributed by atoms with van der Waals surface area (Å²) >= 11 is 0. The molecule has 0 saturated carbocycles. The third-order valence-electron chi connectivity index (χ3n) is 1.08. The van der Waals surface area contributed by atoms with Gasteiger partial charge in [0, 0.05) is 17.7 Å². The van der Waals surface area contributed by atoms with Crippen LogP contribution in [0.25, 0.3) is 0 Å². The van der Waals surface area contributed by atoms with Crippen LogP contribution in [0.15, 0.2) is 24.5 Å². The highest BCUT2D eigenvalue weighted by Crippen LogP contribution is 1.87. The zero-order valence-electron chi connectivity index (χ0n) is 5.48. The highest BCUT2D eigenvalue weighted by molar-refractivity contribution is 5.04. The molecule has 0 aromatic carbocycles. The van der Waals surface area contributed by atoms with Gasteiger partial charge in [-0.2, -0.15) is 0 Å². The lowest BCUT2D eigenvalue weighted by atomic mass is 10.3. The molecule has 2 nitrogen and oxygen atoms in total. The number of rotatable bonds is 1. The minimum atomic E-state index is 0. The van der Waals surface area contributed by atoms with Gasteiger partial charge < -0.3 is 30.5 Å². The smallest absolute Gasteiger partial charge is 0.167 e. The van der Waals surface area contributed by atoms with Gasteiger partial charge in [-0.25, -0.2) is 4.98 Å². The van der Waals surface area contributed by atoms with E-state index in [0.717, 1.165) is 6.54 Å². The average Bonchev–Trinajstić information content (AvgIpc) is 1.90. The molecule has 0 aliphatic carbocycles. The quantitative estimate of drug-likeness (QED) is 0.447. The summed E-state index contributed by atoms with van der Waals surface area (Å²) < 4.78 is 0. The second kappa shape index (κ2) is 6.81. The van der Waals surface area contributed by atoms with Crippen LogP contribution >= 0.6 is 0 Å². The minimum Gasteiger partial charge on any atom is -1.00 e. The Balaban J connectivity index is 0. The van der Waals surface area contributed by atoms with Gasteiger partial charge in [-0.3, -0.25) is 0 Å². The summed E-state index contributed by atoms with van der Waals surface area (Å²) in [6.07, 6.45) is 3.81. The van der Waals surface area contributed by atoms with Gasteiger partial charge in [0.25, 0.3) is 0 Å². The van der Waals surface area contributed by atoms with E-state index in [-0.39, 0.29) is 24.8 Å². The summed E-state index contributed by atoms with van der Waals surface area (Å²) in [6, 6.07) is 4.04. The monoisotopic (exact) mass is 180 g/mol. The Morgan fingerprint density at radius 3 is 2.00 bits per heavy atom. The number of quaternary nitrogens is 1. The lowest BCUT2D eigenvalue weighted by Gasteiger charge is -1.83. The Labute approximate surface area is 72.7 Å². The van der Waals surface area contributed by atoms with Crippen molar-refractivity contribution in [1.29, 1.82) is 0 Å². The lowest BCUT2D eigenvalue weighted by Crippen LogP contribution is -3.00. The molecule has 0 spiro atoms. The van der Waals surface area contributed by atoms with Crippen LogP contribution in [0.1, 0.15) is 5.56 Å². The van der Waals surface area contributed by atoms with E-state index in [1.54, 1.807) is 0 Å². The Morgan fingerprint density at radius 1 is 1.20 bits per heavy atom. The first-order chi connectivity index (χ1) is 3.93. The number of aromatic nitrogens is 1. The number of H-pyrrole nitrogens is 1. The van der Waals surface area contributed by atoms with Crippen molar-refractivity contribution in [3.05, 3.63) is 30.1 Å². The molecule has 1 heterocycles. The minimum absolute atomic E-state index is 0. The maximum atomic E-state index is 3.74. The van der Waals surface area contributed by atoms with Crippen molar-refractivity contribution in [2.24, 2.45) is 0 Å². The predicted molar refractivity (Wildman–Crippen MR) is 29.6 cm³/mol. The number of pyridine rings is 1. The molecule has 58 valence electrons. The molecule has 0 saturated heterocycles. The van der Waals surface area contributed by atoms with Gasteiger partial charge in [-0.15, -0.1) is 0 Å². The van der Waals surface area contributed by atoms with Crippen LogP contribution in [0.3, 0.4) is 0 Å². The second-order valence-corrected chi connectivity index (χ2v) is 1.66. The van der Waals surface area contributed by atoms with Crippen molar-refractivity contribution < 1.29 is 35.5 Å². The molecule has 0 atom stereocenters. The molecule has 4 heteroatoms. The van der Waals surface area contributed by atoms with Crippen molar-refractivity contribution in [2.45, 2.75) is 6.54 Å². The van der Waals surface area contributed by atoms with Crippen molar-refractivity contribution in [3.8, 4) is 0 Å². The Hall–Kier alpha value is -0.310. The molecule has 0 unspecified atom stereocenters. The van der Waals surface area contributed by atoms with E-state index >= 15 is 0 Å². The lowest BCUT2D eigenvalue weighted by molar-refractivity contribution is -0.391. The average molecular weight is 181 g/mol. The SMILES string of the molecule is [Cl-].[Cl-].[NH3+]Cc1cc[nH+]cc1. The van der Waals surface area contributed by atoms with Crippen molar-refractivity contribution >= 4 is 0 Å². The summed E-state index contributed by atoms with van der Waals surface area (Å²) in [7, 11) is 0. The molecule has 0 aliphatic heterocycles. The van der Waals surface area contributed by atoms with E-state index in [0.29, 0.717) is 0 Å². The van der Waals surface area contributed by atoms with Crippen LogP contribution in [0.2, 0.25) is 0 Å². The number of halogens is 2. The van der Waals surface area contributed by atoms with E-state index < -0.39 is 0 Å². The number of hydrogen-bond acceptors (Lipinski definition) is 0. The van der Waals surface area contributed by atoms with E-state index in [2.05, 4.69) is 10.7 Å². The van der Waals surface area contributed by atoms with E-state index in [1.807, 2.05) is 24.5 Å². The van der Waals surface area contributed by atoms with Crippen molar-refractivity contribution in [3.63, 3.8) is 0 Å². The summed E-state index contributed by atoms with van der Waals surface area (Å²) in [5, 5.41) is 0. The van der Waals surface area contributed by atoms with Gasteiger partial charge in [-0.1, -0.05) is 0 Å². The van der Waals surface area contributed by atoms with Crippen LogP contribution in [0, 0.1) is 0 Å². The van der Waals surface area contributed by atoms with Gasteiger partial charge in [0.2, 0.25) is 0 Å². The predicted octanol–water partition coefficient (Wildman–Crippen LogP) is -6.75. The van der Waals surface area contributed by atoms with Crippen LogP contribution in [0.4, 0.5) is 0 Å². The zero-order valence-corrected chi connectivity index (χ0v) is 6.99. The molecular weight excluding hydrogens is 171 g/mol. The number of nitrogens with one attached hydrogen (secondary N) is 1. The first-order valence-electron chi connectivity index (χ1n) is 2.67. The third-order valence-corrected chi connectivity index (χ3v) is 1.08. The van der Waals surface area contributed by atoms with Gasteiger partial charge in [0.1, 0.15) is 6.54 Å². The standard InChI is InChI=1S/C6H8N2.2ClH/c7-5-6-1-3-8-4-2-6;;/h1-4H,5,7H2;2*1H. The Morgan fingerprint density at radius 2 is 1.70 bits per heavy atom. The second-order valence-electron chi connectivity index (χ2n) is 1.66. The first-order valence-corrected chi connectivity index (χ1v) is 2.67. The summed E-state index contributed by atoms with van der Waals surface area (Å²) in [4.78, 5) is 2.94. The van der Waals surface area contributed by atoms with Crippen LogP contribution in [-0.2, 0) is 6.54 Å². The molecule has 1 aromatic heterocycles. The van der Waals surface area contributed by atoms with Crippen molar-refractivity contribution in [2.75, 3.05) is 0 Å². The summed E-state index contributed by atoms with van der Waals surface area (Å²) in [5.41, 5.74) is 5.01. The molecular formula is C6H10Cl2N2. The van der Waals surface area contributed by atoms with Gasteiger partial charge in [0.15, 0.2) is 12.4 Å². The molecule has 10 heavy (non-hydrogen) atoms. The summed E-state index contributed by atoms with van der Waals surface area (Å²) in [5.74, 6) is 0. The fourth-order valence-corrected chi connectivity index (χ4v) is 0.588. The van der Waals surface area contributed by atoms with Gasteiger partial charge in [-0.05, 0) is 0 Å². The van der Waals surface area contributed by atoms with Crippen LogP contribution in [-0.4, -0.2) is 0 Å². The van der Waals surface area contributed by atoms with Gasteiger partial charge >= 0.3 is 0 Å². The fraction of sp³-hybridized carbons (Fsp3) is 0.167. The normalized spacial score (nSPS) is 7.30. The third kappa shape index (κ3) is 3.67. The molecule has 4 N–H and O–H groups in total. The van der Waals surface area contributed by atoms with E-state index in [1.165, 1.54) is 5.56 Å². The largest absolute Gasteiger partial charge is 1.00 e. The highest BCUT2D eigenvalue weighted by Gasteiger charge is 1.87. The molecule has 1 aromatic rings.